The van der Waals surface area contributed by atoms with Gasteiger partial charge in [0.2, 0.25) is 0 Å². The molecule has 0 fully saturated rings. The Morgan fingerprint density at radius 3 is 2.86 bits per heavy atom. The molecule has 5 nitrogen and oxygen atoms in total. The summed E-state index contributed by atoms with van der Waals surface area (Å²) in [4.78, 5) is 12.2. The first-order valence-corrected chi connectivity index (χ1v) is 7.09. The van der Waals surface area contributed by atoms with Crippen LogP contribution in [0, 0.1) is 0 Å². The van der Waals surface area contributed by atoms with Crippen LogP contribution < -0.4 is 15.4 Å². The zero-order valence-electron chi connectivity index (χ0n) is 12.1. The Bertz CT molecular complexity index is 492. The summed E-state index contributed by atoms with van der Waals surface area (Å²) in [7, 11) is 0. The number of ether oxygens (including phenoxy) is 2. The normalized spacial score (nSPS) is 9.76. The van der Waals surface area contributed by atoms with E-state index in [1.807, 2.05) is 6.92 Å². The molecule has 1 aromatic rings. The van der Waals surface area contributed by atoms with Crippen LogP contribution in [0.4, 0.5) is 0 Å². The summed E-state index contributed by atoms with van der Waals surface area (Å²) in [5.74, 6) is 0.185. The third-order valence-corrected chi connectivity index (χ3v) is 2.70. The fourth-order valence-corrected chi connectivity index (χ4v) is 1.69. The number of benzene rings is 1. The predicted molar refractivity (Wildman–Crippen MR) is 86.7 cm³/mol. The highest BCUT2D eigenvalue weighted by Gasteiger charge is 2.13. The van der Waals surface area contributed by atoms with E-state index in [4.69, 9.17) is 21.7 Å². The van der Waals surface area contributed by atoms with Crippen LogP contribution in [-0.2, 0) is 4.74 Å². The number of rotatable bonds is 8. The van der Waals surface area contributed by atoms with Crippen LogP contribution in [-0.4, -0.2) is 37.4 Å². The molecule has 0 saturated carbocycles. The zero-order valence-corrected chi connectivity index (χ0v) is 12.9. The summed E-state index contributed by atoms with van der Waals surface area (Å²) < 4.78 is 10.8. The molecule has 114 valence electrons. The maximum atomic E-state index is 12.2. The average Bonchev–Trinajstić information content (AvgIpc) is 2.50. The summed E-state index contributed by atoms with van der Waals surface area (Å²) in [5, 5.41) is 5.68. The molecule has 1 amide bonds. The van der Waals surface area contributed by atoms with Gasteiger partial charge >= 0.3 is 0 Å². The summed E-state index contributed by atoms with van der Waals surface area (Å²) >= 11 is 5.01. The van der Waals surface area contributed by atoms with Gasteiger partial charge in [0.05, 0.1) is 12.2 Å². The topological polar surface area (TPSA) is 59.6 Å². The summed E-state index contributed by atoms with van der Waals surface area (Å²) in [5.41, 5.74) is 0.428. The first-order valence-electron chi connectivity index (χ1n) is 6.68. The van der Waals surface area contributed by atoms with E-state index in [0.29, 0.717) is 37.7 Å². The Kier molecular flexibility index (Phi) is 8.08. The number of thiocarbonyl (C=S) groups is 1. The molecule has 0 atom stereocenters. The highest BCUT2D eigenvalue weighted by atomic mass is 32.1. The van der Waals surface area contributed by atoms with E-state index in [1.54, 1.807) is 30.3 Å². The lowest BCUT2D eigenvalue weighted by Crippen LogP contribution is -2.39. The average molecular weight is 308 g/mol. The van der Waals surface area contributed by atoms with Gasteiger partial charge in [-0.05, 0) is 31.3 Å². The predicted octanol–water partition coefficient (Wildman–Crippen LogP) is 1.89. The van der Waals surface area contributed by atoms with Gasteiger partial charge in [-0.1, -0.05) is 18.2 Å². The van der Waals surface area contributed by atoms with Gasteiger partial charge in [-0.2, -0.15) is 0 Å². The van der Waals surface area contributed by atoms with E-state index in [9.17, 15) is 4.79 Å². The van der Waals surface area contributed by atoms with Crippen molar-refractivity contribution >= 4 is 23.2 Å². The number of hydrogen-bond acceptors (Lipinski definition) is 4. The third-order valence-electron chi connectivity index (χ3n) is 2.46. The first kappa shape index (κ1) is 17.1. The van der Waals surface area contributed by atoms with Gasteiger partial charge in [-0.3, -0.25) is 10.1 Å². The van der Waals surface area contributed by atoms with Crippen molar-refractivity contribution in [2.45, 2.75) is 6.92 Å². The fourth-order valence-electron chi connectivity index (χ4n) is 1.51. The second-order valence-electron chi connectivity index (χ2n) is 3.99. The van der Waals surface area contributed by atoms with Crippen molar-refractivity contribution in [3.05, 3.63) is 42.5 Å². The number of carbonyl (C=O) groups excluding carboxylic acids is 1. The molecule has 0 aliphatic rings. The van der Waals surface area contributed by atoms with Crippen molar-refractivity contribution in [2.24, 2.45) is 0 Å². The van der Waals surface area contributed by atoms with Crippen molar-refractivity contribution in [2.75, 3.05) is 26.4 Å². The minimum Gasteiger partial charge on any atom is -0.490 e. The standard InChI is InChI=1S/C15H20N2O3S/c1-3-9-16-15(21)17-14(18)12-7-5-6-8-13(12)20-11-10-19-4-2/h3,5-8H,1,4,9-11H2,2H3,(H2,16,17,18,21). The second-order valence-corrected chi connectivity index (χ2v) is 4.40. The smallest absolute Gasteiger partial charge is 0.261 e. The highest BCUT2D eigenvalue weighted by Crippen LogP contribution is 2.17. The van der Waals surface area contributed by atoms with Crippen LogP contribution in [0.15, 0.2) is 36.9 Å². The van der Waals surface area contributed by atoms with Crippen LogP contribution in [0.3, 0.4) is 0 Å². The van der Waals surface area contributed by atoms with E-state index < -0.39 is 0 Å². The molecule has 6 heteroatoms. The molecular formula is C15H20N2O3S. The molecule has 0 aliphatic heterocycles. The zero-order chi connectivity index (χ0) is 15.5. The molecule has 2 N–H and O–H groups in total. The van der Waals surface area contributed by atoms with E-state index in [1.165, 1.54) is 0 Å². The van der Waals surface area contributed by atoms with Crippen LogP contribution in [0.5, 0.6) is 5.75 Å². The Hall–Kier alpha value is -1.92. The monoisotopic (exact) mass is 308 g/mol. The van der Waals surface area contributed by atoms with E-state index in [-0.39, 0.29) is 11.0 Å². The molecule has 21 heavy (non-hydrogen) atoms. The number of amides is 1. The Morgan fingerprint density at radius 1 is 1.38 bits per heavy atom. The Labute approximate surface area is 130 Å². The Balaban J connectivity index is 2.62. The maximum absolute atomic E-state index is 12.2. The molecule has 0 radical (unpaired) electrons. The quantitative estimate of drug-likeness (QED) is 0.436. The second kappa shape index (κ2) is 9.90. The van der Waals surface area contributed by atoms with Gasteiger partial charge in [0, 0.05) is 13.2 Å². The molecule has 0 unspecified atom stereocenters. The van der Waals surface area contributed by atoms with Crippen LogP contribution in [0.2, 0.25) is 0 Å². The van der Waals surface area contributed by atoms with Crippen molar-refractivity contribution in [3.63, 3.8) is 0 Å². The Morgan fingerprint density at radius 2 is 2.14 bits per heavy atom. The number of hydrogen-bond donors (Lipinski definition) is 2. The van der Waals surface area contributed by atoms with E-state index in [2.05, 4.69) is 17.2 Å². The molecule has 0 spiro atoms. The molecule has 0 heterocycles. The lowest BCUT2D eigenvalue weighted by molar-refractivity contribution is 0.0958. The molecule has 1 rings (SSSR count). The molecule has 0 aromatic heterocycles. The highest BCUT2D eigenvalue weighted by molar-refractivity contribution is 7.80. The largest absolute Gasteiger partial charge is 0.490 e. The van der Waals surface area contributed by atoms with Gasteiger partial charge in [0.15, 0.2) is 5.11 Å². The molecule has 0 aliphatic carbocycles. The van der Waals surface area contributed by atoms with E-state index >= 15 is 0 Å². The molecule has 0 bridgehead atoms. The van der Waals surface area contributed by atoms with Gasteiger partial charge < -0.3 is 14.8 Å². The summed E-state index contributed by atoms with van der Waals surface area (Å²) in [6.07, 6.45) is 1.66. The van der Waals surface area contributed by atoms with Crippen LogP contribution in [0.25, 0.3) is 0 Å². The summed E-state index contributed by atoms with van der Waals surface area (Å²) in [6, 6.07) is 6.99. The fraction of sp³-hybridized carbons (Fsp3) is 0.333. The van der Waals surface area contributed by atoms with Crippen LogP contribution in [0.1, 0.15) is 17.3 Å². The maximum Gasteiger partial charge on any atom is 0.261 e. The van der Waals surface area contributed by atoms with Crippen molar-refractivity contribution < 1.29 is 14.3 Å². The van der Waals surface area contributed by atoms with Gasteiger partial charge in [-0.15, -0.1) is 6.58 Å². The van der Waals surface area contributed by atoms with Crippen molar-refractivity contribution in [1.29, 1.82) is 0 Å². The van der Waals surface area contributed by atoms with Gasteiger partial charge in [0.25, 0.3) is 5.91 Å². The number of para-hydroxylation sites is 1. The number of carbonyl (C=O) groups is 1. The molecule has 1 aromatic carbocycles. The minimum absolute atomic E-state index is 0.254. The lowest BCUT2D eigenvalue weighted by atomic mass is 10.2. The molecule has 0 saturated heterocycles. The van der Waals surface area contributed by atoms with Crippen LogP contribution >= 0.6 is 12.2 Å². The van der Waals surface area contributed by atoms with E-state index in [0.717, 1.165) is 0 Å². The SMILES string of the molecule is C=CCNC(=S)NC(=O)c1ccccc1OCCOCC. The third kappa shape index (κ3) is 6.37. The van der Waals surface area contributed by atoms with Gasteiger partial charge in [-0.25, -0.2) is 0 Å². The van der Waals surface area contributed by atoms with Crippen molar-refractivity contribution in [1.82, 2.24) is 10.6 Å². The first-order chi connectivity index (χ1) is 10.2. The lowest BCUT2D eigenvalue weighted by Gasteiger charge is -2.12. The van der Waals surface area contributed by atoms with Crippen molar-refractivity contribution in [3.8, 4) is 5.75 Å². The minimum atomic E-state index is -0.316. The molecular weight excluding hydrogens is 288 g/mol. The number of nitrogens with one attached hydrogen (secondary N) is 2. The van der Waals surface area contributed by atoms with Gasteiger partial charge in [0.1, 0.15) is 12.4 Å². The summed E-state index contributed by atoms with van der Waals surface area (Å²) in [6.45, 7) is 7.47.